The molecular formula is C29H35BrF3N3O3. The van der Waals surface area contributed by atoms with Crippen molar-refractivity contribution >= 4 is 33.4 Å². The van der Waals surface area contributed by atoms with Gasteiger partial charge in [0.1, 0.15) is 0 Å². The lowest BCUT2D eigenvalue weighted by molar-refractivity contribution is -0.262. The molecule has 0 bridgehead atoms. The van der Waals surface area contributed by atoms with Gasteiger partial charge in [0.25, 0.3) is 17.4 Å². The number of carbonyl (C=O) groups is 2. The number of hydrogen-bond acceptors (Lipinski definition) is 4. The van der Waals surface area contributed by atoms with Crippen molar-refractivity contribution in [1.29, 1.82) is 0 Å². The zero-order chi connectivity index (χ0) is 28.4. The summed E-state index contributed by atoms with van der Waals surface area (Å²) in [5, 5.41) is 10.7. The minimum Gasteiger partial charge on any atom is -0.372 e. The van der Waals surface area contributed by atoms with Gasteiger partial charge in [0.2, 0.25) is 0 Å². The first-order valence-corrected chi connectivity index (χ1v) is 14.1. The number of piperidine rings is 2. The van der Waals surface area contributed by atoms with Gasteiger partial charge in [0.15, 0.2) is 0 Å². The smallest absolute Gasteiger partial charge is 0.372 e. The highest BCUT2D eigenvalue weighted by Gasteiger charge is 2.62. The van der Waals surface area contributed by atoms with E-state index in [1.165, 1.54) is 6.07 Å². The van der Waals surface area contributed by atoms with Gasteiger partial charge in [-0.05, 0) is 80.3 Å². The summed E-state index contributed by atoms with van der Waals surface area (Å²) in [5.74, 6) is -0.467. The number of hydrogen-bond donors (Lipinski definition) is 1. The summed E-state index contributed by atoms with van der Waals surface area (Å²) in [4.78, 5) is 30.2. The molecule has 0 saturated carbocycles. The van der Waals surface area contributed by atoms with Crippen molar-refractivity contribution in [3.8, 4) is 0 Å². The van der Waals surface area contributed by atoms with Gasteiger partial charge in [0.05, 0.1) is 0 Å². The molecule has 39 heavy (non-hydrogen) atoms. The standard InChI is InChI=1S/C29H35BrF3N3O3/c1-34(2)26(37)22-6-8-25(9-7-22)35-14-10-20(11-15-35)18-21-12-16-36(17-13-21)27(38)28(39,29(31,32)33)23-4-3-5-24(30)19-23/h3-9,19-21,39H,10-18H2,1-2H3. The fraction of sp³-hybridized carbons (Fsp3) is 0.517. The van der Waals surface area contributed by atoms with E-state index < -0.39 is 23.2 Å². The first-order valence-electron chi connectivity index (χ1n) is 13.3. The number of likely N-dealkylation sites (tertiary alicyclic amines) is 1. The second-order valence-electron chi connectivity index (χ2n) is 10.9. The molecule has 2 aliphatic rings. The lowest BCUT2D eigenvalue weighted by atomic mass is 9.82. The average Bonchev–Trinajstić information content (AvgIpc) is 2.92. The van der Waals surface area contributed by atoms with E-state index >= 15 is 0 Å². The summed E-state index contributed by atoms with van der Waals surface area (Å²) >= 11 is 3.13. The van der Waals surface area contributed by atoms with Gasteiger partial charge < -0.3 is 19.8 Å². The fourth-order valence-electron chi connectivity index (χ4n) is 5.69. The summed E-state index contributed by atoms with van der Waals surface area (Å²) in [6, 6.07) is 12.9. The molecule has 10 heteroatoms. The molecule has 2 amide bonds. The average molecular weight is 611 g/mol. The molecule has 2 fully saturated rings. The lowest BCUT2D eigenvalue weighted by Crippen LogP contribution is -2.57. The quantitative estimate of drug-likeness (QED) is 0.473. The predicted molar refractivity (Wildman–Crippen MR) is 147 cm³/mol. The lowest BCUT2D eigenvalue weighted by Gasteiger charge is -2.40. The van der Waals surface area contributed by atoms with Crippen LogP contribution >= 0.6 is 15.9 Å². The van der Waals surface area contributed by atoms with Gasteiger partial charge in [-0.25, -0.2) is 0 Å². The summed E-state index contributed by atoms with van der Waals surface area (Å²) in [6.45, 7) is 2.22. The second kappa shape index (κ2) is 11.9. The molecule has 0 radical (unpaired) electrons. The molecule has 2 saturated heterocycles. The number of halogens is 4. The maximum atomic E-state index is 14.0. The highest BCUT2D eigenvalue weighted by molar-refractivity contribution is 9.10. The first-order chi connectivity index (χ1) is 18.4. The van der Waals surface area contributed by atoms with Gasteiger partial charge in [-0.1, -0.05) is 28.1 Å². The number of alkyl halides is 3. The Kier molecular flexibility index (Phi) is 8.95. The van der Waals surface area contributed by atoms with E-state index in [0.717, 1.165) is 55.1 Å². The van der Waals surface area contributed by atoms with Crippen molar-refractivity contribution < 1.29 is 27.9 Å². The van der Waals surface area contributed by atoms with E-state index in [4.69, 9.17) is 0 Å². The summed E-state index contributed by atoms with van der Waals surface area (Å²) in [5.41, 5.74) is -2.30. The summed E-state index contributed by atoms with van der Waals surface area (Å²) in [6.07, 6.45) is -0.860. The van der Waals surface area contributed by atoms with E-state index in [0.29, 0.717) is 34.7 Å². The molecule has 212 valence electrons. The Morgan fingerprint density at radius 3 is 2.03 bits per heavy atom. The van der Waals surface area contributed by atoms with Crippen molar-refractivity contribution in [2.24, 2.45) is 11.8 Å². The Morgan fingerprint density at radius 1 is 0.949 bits per heavy atom. The molecule has 1 atom stereocenters. The molecule has 0 spiro atoms. The van der Waals surface area contributed by atoms with E-state index in [1.807, 2.05) is 24.3 Å². The van der Waals surface area contributed by atoms with Crippen LogP contribution in [0.25, 0.3) is 0 Å². The maximum absolute atomic E-state index is 14.0. The van der Waals surface area contributed by atoms with Crippen molar-refractivity contribution in [2.45, 2.75) is 43.9 Å². The van der Waals surface area contributed by atoms with Gasteiger partial charge >= 0.3 is 6.18 Å². The van der Waals surface area contributed by atoms with Crippen molar-refractivity contribution in [1.82, 2.24) is 9.80 Å². The van der Waals surface area contributed by atoms with Crippen LogP contribution in [0.2, 0.25) is 0 Å². The zero-order valence-corrected chi connectivity index (χ0v) is 23.8. The SMILES string of the molecule is CN(C)C(=O)c1ccc(N2CCC(CC3CCN(C(=O)C(O)(c4cccc(Br)c4)C(F)(F)F)CC3)CC2)cc1. The molecule has 2 aliphatic heterocycles. The molecule has 1 N–H and O–H groups in total. The highest BCUT2D eigenvalue weighted by Crippen LogP contribution is 2.42. The fourth-order valence-corrected chi connectivity index (χ4v) is 6.09. The predicted octanol–water partition coefficient (Wildman–Crippen LogP) is 5.45. The van der Waals surface area contributed by atoms with Crippen LogP contribution in [0.3, 0.4) is 0 Å². The minimum atomic E-state index is -5.14. The Morgan fingerprint density at radius 2 is 1.51 bits per heavy atom. The monoisotopic (exact) mass is 609 g/mol. The number of rotatable bonds is 6. The minimum absolute atomic E-state index is 0.0239. The molecule has 0 aliphatic carbocycles. The number of anilines is 1. The Bertz CT molecular complexity index is 1160. The number of amides is 2. The van der Waals surface area contributed by atoms with Crippen LogP contribution in [0.4, 0.5) is 18.9 Å². The van der Waals surface area contributed by atoms with Gasteiger partial charge in [-0.3, -0.25) is 9.59 Å². The molecule has 2 aromatic rings. The van der Waals surface area contributed by atoms with E-state index in [-0.39, 0.29) is 19.0 Å². The number of carbonyl (C=O) groups excluding carboxylic acids is 2. The molecule has 6 nitrogen and oxygen atoms in total. The number of benzene rings is 2. The van der Waals surface area contributed by atoms with Crippen LogP contribution in [0, 0.1) is 11.8 Å². The molecule has 1 unspecified atom stereocenters. The maximum Gasteiger partial charge on any atom is 0.430 e. The Balaban J connectivity index is 1.29. The summed E-state index contributed by atoms with van der Waals surface area (Å²) < 4.78 is 42.4. The molecular weight excluding hydrogens is 575 g/mol. The van der Waals surface area contributed by atoms with Crippen LogP contribution in [-0.2, 0) is 10.4 Å². The van der Waals surface area contributed by atoms with Crippen LogP contribution in [0.15, 0.2) is 53.0 Å². The van der Waals surface area contributed by atoms with Crippen molar-refractivity contribution in [2.75, 3.05) is 45.2 Å². The Labute approximate surface area is 235 Å². The normalized spacial score (nSPS) is 19.1. The first kappa shape index (κ1) is 29.4. The van der Waals surface area contributed by atoms with Crippen LogP contribution < -0.4 is 4.90 Å². The third kappa shape index (κ3) is 6.43. The zero-order valence-electron chi connectivity index (χ0n) is 22.3. The molecule has 2 aromatic carbocycles. The van der Waals surface area contributed by atoms with Crippen LogP contribution in [0.1, 0.15) is 48.0 Å². The molecule has 4 rings (SSSR count). The van der Waals surface area contributed by atoms with Crippen molar-refractivity contribution in [3.63, 3.8) is 0 Å². The topological polar surface area (TPSA) is 64.1 Å². The van der Waals surface area contributed by atoms with Gasteiger partial charge in [-0.15, -0.1) is 0 Å². The molecule has 0 aromatic heterocycles. The van der Waals surface area contributed by atoms with Crippen LogP contribution in [0.5, 0.6) is 0 Å². The highest BCUT2D eigenvalue weighted by atomic mass is 79.9. The summed E-state index contributed by atoms with van der Waals surface area (Å²) in [7, 11) is 3.46. The van der Waals surface area contributed by atoms with Gasteiger partial charge in [-0.2, -0.15) is 13.2 Å². The third-order valence-corrected chi connectivity index (χ3v) is 8.52. The molecule has 2 heterocycles. The number of aliphatic hydroxyl groups is 1. The largest absolute Gasteiger partial charge is 0.430 e. The second-order valence-corrected chi connectivity index (χ2v) is 11.8. The Hall–Kier alpha value is -2.59. The van der Waals surface area contributed by atoms with Crippen LogP contribution in [-0.4, -0.2) is 73.2 Å². The van der Waals surface area contributed by atoms with Crippen molar-refractivity contribution in [3.05, 3.63) is 64.1 Å². The van der Waals surface area contributed by atoms with E-state index in [2.05, 4.69) is 20.8 Å². The van der Waals surface area contributed by atoms with E-state index in [9.17, 15) is 27.9 Å². The third-order valence-electron chi connectivity index (χ3n) is 8.03. The van der Waals surface area contributed by atoms with E-state index in [1.54, 1.807) is 25.1 Å². The van der Waals surface area contributed by atoms with Gasteiger partial charge in [0, 0.05) is 61.6 Å². The number of nitrogens with zero attached hydrogens (tertiary/aromatic N) is 3.